The molecule has 0 bridgehead atoms. The van der Waals surface area contributed by atoms with Gasteiger partial charge in [0.2, 0.25) is 10.0 Å². The molecule has 0 radical (unpaired) electrons. The third-order valence-electron chi connectivity index (χ3n) is 3.91. The highest BCUT2D eigenvalue weighted by Gasteiger charge is 2.23. The van der Waals surface area contributed by atoms with E-state index in [0.717, 1.165) is 11.6 Å². The monoisotopic (exact) mass is 409 g/mol. The van der Waals surface area contributed by atoms with Crippen LogP contribution in [0.2, 0.25) is 0 Å². The Hall–Kier alpha value is -2.69. The van der Waals surface area contributed by atoms with Crippen LogP contribution in [-0.2, 0) is 21.3 Å². The van der Waals surface area contributed by atoms with E-state index in [1.807, 2.05) is 18.2 Å². The van der Waals surface area contributed by atoms with Crippen molar-refractivity contribution < 1.29 is 22.8 Å². The molecule has 2 aromatic rings. The number of nitrogens with one attached hydrogen (secondary N) is 2. The van der Waals surface area contributed by atoms with Gasteiger partial charge in [0, 0.05) is 31.3 Å². The van der Waals surface area contributed by atoms with Gasteiger partial charge in [-0.1, -0.05) is 18.2 Å². The minimum atomic E-state index is -3.91. The van der Waals surface area contributed by atoms with Crippen molar-refractivity contribution in [3.05, 3.63) is 58.1 Å². The van der Waals surface area contributed by atoms with Gasteiger partial charge in [0.15, 0.2) is 0 Å². The fourth-order valence-electron chi connectivity index (χ4n) is 2.64. The number of benzene rings is 2. The van der Waals surface area contributed by atoms with Gasteiger partial charge in [-0.2, -0.15) is 0 Å². The van der Waals surface area contributed by atoms with E-state index in [-0.39, 0.29) is 29.4 Å². The van der Waals surface area contributed by atoms with Crippen molar-refractivity contribution in [2.24, 2.45) is 0 Å². The largest absolute Gasteiger partial charge is 0.496 e. The summed E-state index contributed by atoms with van der Waals surface area (Å²) in [6.07, 6.45) is 0. The quantitative estimate of drug-likeness (QED) is 0.457. The molecule has 1 atom stereocenters. The van der Waals surface area contributed by atoms with Gasteiger partial charge in [0.05, 0.1) is 23.5 Å². The summed E-state index contributed by atoms with van der Waals surface area (Å²) in [5, 5.41) is 14.4. The van der Waals surface area contributed by atoms with E-state index in [4.69, 9.17) is 9.47 Å². The SMILES string of the molecule is COC[C@@H](C)NS(=O)(=O)c1ccc(NCc2ccccc2OC)c([N+](=O)[O-])c1. The molecule has 0 amide bonds. The van der Waals surface area contributed by atoms with Crippen LogP contribution in [-0.4, -0.2) is 40.2 Å². The highest BCUT2D eigenvalue weighted by Crippen LogP contribution is 2.29. The molecule has 2 aromatic carbocycles. The molecule has 0 fully saturated rings. The molecule has 0 unspecified atom stereocenters. The van der Waals surface area contributed by atoms with Crippen molar-refractivity contribution >= 4 is 21.4 Å². The Balaban J connectivity index is 2.26. The summed E-state index contributed by atoms with van der Waals surface area (Å²) >= 11 is 0. The second-order valence-corrected chi connectivity index (χ2v) is 7.79. The molecule has 0 aliphatic rings. The molecule has 0 aromatic heterocycles. The number of hydrogen-bond donors (Lipinski definition) is 2. The predicted molar refractivity (Wildman–Crippen MR) is 105 cm³/mol. The highest BCUT2D eigenvalue weighted by atomic mass is 32.2. The summed E-state index contributed by atoms with van der Waals surface area (Å²) in [6, 6.07) is 10.5. The van der Waals surface area contributed by atoms with Gasteiger partial charge in [-0.3, -0.25) is 10.1 Å². The summed E-state index contributed by atoms with van der Waals surface area (Å²) < 4.78 is 37.5. The number of anilines is 1. The lowest BCUT2D eigenvalue weighted by atomic mass is 10.2. The number of nitro benzene ring substituents is 1. The first-order valence-electron chi connectivity index (χ1n) is 8.44. The topological polar surface area (TPSA) is 120 Å². The van der Waals surface area contributed by atoms with Crippen molar-refractivity contribution in [3.8, 4) is 5.75 Å². The molecule has 2 N–H and O–H groups in total. The van der Waals surface area contributed by atoms with E-state index in [0.29, 0.717) is 5.75 Å². The van der Waals surface area contributed by atoms with Crippen LogP contribution in [0.1, 0.15) is 12.5 Å². The van der Waals surface area contributed by atoms with Crippen LogP contribution in [0.25, 0.3) is 0 Å². The van der Waals surface area contributed by atoms with Crippen LogP contribution < -0.4 is 14.8 Å². The van der Waals surface area contributed by atoms with Gasteiger partial charge in [-0.05, 0) is 25.1 Å². The van der Waals surface area contributed by atoms with Crippen molar-refractivity contribution in [2.45, 2.75) is 24.4 Å². The number of para-hydroxylation sites is 1. The van der Waals surface area contributed by atoms with E-state index >= 15 is 0 Å². The minimum Gasteiger partial charge on any atom is -0.496 e. The smallest absolute Gasteiger partial charge is 0.293 e. The molecule has 0 saturated heterocycles. The van der Waals surface area contributed by atoms with E-state index in [1.54, 1.807) is 20.1 Å². The lowest BCUT2D eigenvalue weighted by Gasteiger charge is -2.14. The van der Waals surface area contributed by atoms with E-state index < -0.39 is 21.0 Å². The molecule has 0 aliphatic carbocycles. The Morgan fingerprint density at radius 1 is 1.18 bits per heavy atom. The van der Waals surface area contributed by atoms with Crippen LogP contribution in [0, 0.1) is 10.1 Å². The number of nitro groups is 1. The maximum Gasteiger partial charge on any atom is 0.293 e. The Morgan fingerprint density at radius 2 is 1.89 bits per heavy atom. The standard InChI is InChI=1S/C18H23N3O6S/c1-13(12-26-2)20-28(24,25)15-8-9-16(17(10-15)21(22)23)19-11-14-6-4-5-7-18(14)27-3/h4-10,13,19-20H,11-12H2,1-3H3/t13-/m1/s1. The number of methoxy groups -OCH3 is 2. The summed E-state index contributed by atoms with van der Waals surface area (Å²) in [4.78, 5) is 10.7. The van der Waals surface area contributed by atoms with Crippen LogP contribution in [0.4, 0.5) is 11.4 Å². The van der Waals surface area contributed by atoms with Crippen LogP contribution >= 0.6 is 0 Å². The van der Waals surface area contributed by atoms with Crippen LogP contribution in [0.3, 0.4) is 0 Å². The molecule has 28 heavy (non-hydrogen) atoms. The molecule has 152 valence electrons. The normalized spacial score (nSPS) is 12.4. The maximum absolute atomic E-state index is 12.4. The zero-order valence-corrected chi connectivity index (χ0v) is 16.7. The first kappa shape index (κ1) is 21.6. The Bertz CT molecular complexity index is 933. The van der Waals surface area contributed by atoms with Crippen LogP contribution in [0.15, 0.2) is 47.4 Å². The summed E-state index contributed by atoms with van der Waals surface area (Å²) in [5.74, 6) is 0.646. The van der Waals surface area contributed by atoms with Crippen molar-refractivity contribution in [3.63, 3.8) is 0 Å². The number of sulfonamides is 1. The maximum atomic E-state index is 12.4. The summed E-state index contributed by atoms with van der Waals surface area (Å²) in [5.41, 5.74) is 0.683. The number of rotatable bonds is 10. The van der Waals surface area contributed by atoms with Gasteiger partial charge >= 0.3 is 0 Å². The molecule has 0 spiro atoms. The number of ether oxygens (including phenoxy) is 2. The average molecular weight is 409 g/mol. The lowest BCUT2D eigenvalue weighted by molar-refractivity contribution is -0.384. The van der Waals surface area contributed by atoms with Gasteiger partial charge in [0.1, 0.15) is 11.4 Å². The zero-order chi connectivity index (χ0) is 20.7. The van der Waals surface area contributed by atoms with Gasteiger partial charge < -0.3 is 14.8 Å². The zero-order valence-electron chi connectivity index (χ0n) is 15.8. The molecular weight excluding hydrogens is 386 g/mol. The van der Waals surface area contributed by atoms with Crippen molar-refractivity contribution in [2.75, 3.05) is 26.1 Å². The molecule has 2 rings (SSSR count). The van der Waals surface area contributed by atoms with E-state index in [1.165, 1.54) is 19.2 Å². The first-order chi connectivity index (χ1) is 13.3. The fourth-order valence-corrected chi connectivity index (χ4v) is 3.88. The van der Waals surface area contributed by atoms with Crippen molar-refractivity contribution in [1.82, 2.24) is 4.72 Å². The fraction of sp³-hybridized carbons (Fsp3) is 0.333. The third kappa shape index (κ3) is 5.41. The van der Waals surface area contributed by atoms with Gasteiger partial charge in [-0.15, -0.1) is 0 Å². The number of nitrogens with zero attached hydrogens (tertiary/aromatic N) is 1. The van der Waals surface area contributed by atoms with Gasteiger partial charge in [0.25, 0.3) is 5.69 Å². The van der Waals surface area contributed by atoms with E-state index in [9.17, 15) is 18.5 Å². The molecule has 0 saturated carbocycles. The molecular formula is C18H23N3O6S. The second kappa shape index (κ2) is 9.49. The predicted octanol–water partition coefficient (Wildman–Crippen LogP) is 2.53. The molecule has 10 heteroatoms. The Morgan fingerprint density at radius 3 is 2.54 bits per heavy atom. The molecule has 0 aliphatic heterocycles. The molecule has 9 nitrogen and oxygen atoms in total. The summed E-state index contributed by atoms with van der Waals surface area (Å²) in [7, 11) is -0.918. The van der Waals surface area contributed by atoms with Gasteiger partial charge in [-0.25, -0.2) is 13.1 Å². The Kier molecular flexibility index (Phi) is 7.32. The third-order valence-corrected chi connectivity index (χ3v) is 5.50. The summed E-state index contributed by atoms with van der Waals surface area (Å²) in [6.45, 7) is 2.10. The number of hydrogen-bond acceptors (Lipinski definition) is 7. The first-order valence-corrected chi connectivity index (χ1v) is 9.92. The van der Waals surface area contributed by atoms with Crippen molar-refractivity contribution in [1.29, 1.82) is 0 Å². The minimum absolute atomic E-state index is 0.180. The lowest BCUT2D eigenvalue weighted by Crippen LogP contribution is -2.35. The Labute approximate surface area is 163 Å². The molecule has 0 heterocycles. The van der Waals surface area contributed by atoms with Crippen LogP contribution in [0.5, 0.6) is 5.75 Å². The second-order valence-electron chi connectivity index (χ2n) is 6.08. The highest BCUT2D eigenvalue weighted by molar-refractivity contribution is 7.89. The average Bonchev–Trinajstić information content (AvgIpc) is 2.66. The van der Waals surface area contributed by atoms with E-state index in [2.05, 4.69) is 10.0 Å².